The van der Waals surface area contributed by atoms with Gasteiger partial charge in [0.2, 0.25) is 11.8 Å². The van der Waals surface area contributed by atoms with Crippen LogP contribution in [0.15, 0.2) is 24.3 Å². The first-order chi connectivity index (χ1) is 14.4. The third kappa shape index (κ3) is 5.26. The molecule has 1 aliphatic carbocycles. The van der Waals surface area contributed by atoms with E-state index in [0.717, 1.165) is 23.3 Å². The van der Waals surface area contributed by atoms with Gasteiger partial charge in [-0.3, -0.25) is 24.1 Å². The van der Waals surface area contributed by atoms with Gasteiger partial charge in [0.25, 0.3) is 5.91 Å². The molecule has 0 aromatic heterocycles. The first kappa shape index (κ1) is 22.0. The lowest BCUT2D eigenvalue weighted by molar-refractivity contribution is -0.154. The van der Waals surface area contributed by atoms with E-state index in [2.05, 4.69) is 31.3 Å². The van der Waals surface area contributed by atoms with Gasteiger partial charge in [-0.1, -0.05) is 51.0 Å². The number of nitrogens with one attached hydrogen (secondary N) is 1. The Labute approximate surface area is 177 Å². The van der Waals surface area contributed by atoms with E-state index in [0.29, 0.717) is 31.7 Å². The molecule has 2 atom stereocenters. The van der Waals surface area contributed by atoms with Crippen molar-refractivity contribution in [1.29, 1.82) is 0 Å². The molecule has 30 heavy (non-hydrogen) atoms. The Morgan fingerprint density at radius 2 is 1.67 bits per heavy atom. The summed E-state index contributed by atoms with van der Waals surface area (Å²) in [6.45, 7) is 3.87. The quantitative estimate of drug-likeness (QED) is 0.520. The Bertz CT molecular complexity index is 778. The van der Waals surface area contributed by atoms with Crippen LogP contribution in [0.4, 0.5) is 0 Å². The van der Waals surface area contributed by atoms with Gasteiger partial charge in [-0.15, -0.1) is 0 Å². The minimum Gasteiger partial charge on any atom is -0.454 e. The average Bonchev–Trinajstić information content (AvgIpc) is 2.98. The van der Waals surface area contributed by atoms with Gasteiger partial charge in [-0.25, -0.2) is 0 Å². The summed E-state index contributed by atoms with van der Waals surface area (Å²) in [5, 5.41) is 2.71. The summed E-state index contributed by atoms with van der Waals surface area (Å²) in [4.78, 5) is 49.7. The van der Waals surface area contributed by atoms with E-state index in [1.165, 1.54) is 5.56 Å². The van der Waals surface area contributed by atoms with Crippen LogP contribution in [0.2, 0.25) is 0 Å². The van der Waals surface area contributed by atoms with Crippen LogP contribution in [-0.4, -0.2) is 48.3 Å². The molecule has 1 heterocycles. The maximum atomic E-state index is 12.4. The van der Waals surface area contributed by atoms with Crippen molar-refractivity contribution in [3.8, 4) is 0 Å². The molecule has 2 aliphatic rings. The Balaban J connectivity index is 1.37. The fraction of sp³-hybridized carbons (Fsp3) is 0.565. The molecule has 3 amide bonds. The highest BCUT2D eigenvalue weighted by atomic mass is 16.5. The molecule has 1 saturated carbocycles. The summed E-state index contributed by atoms with van der Waals surface area (Å²) in [7, 11) is 0. The summed E-state index contributed by atoms with van der Waals surface area (Å²) < 4.78 is 4.96. The van der Waals surface area contributed by atoms with Crippen molar-refractivity contribution in [2.24, 2.45) is 11.8 Å². The number of hydrogen-bond donors (Lipinski definition) is 1. The number of carbonyl (C=O) groups excluding carboxylic acids is 4. The van der Waals surface area contributed by atoms with E-state index < -0.39 is 25.0 Å². The summed E-state index contributed by atoms with van der Waals surface area (Å²) >= 11 is 0. The summed E-state index contributed by atoms with van der Waals surface area (Å²) in [5.41, 5.74) is 2.38. The van der Waals surface area contributed by atoms with Crippen molar-refractivity contribution in [3.05, 3.63) is 35.4 Å². The largest absolute Gasteiger partial charge is 0.454 e. The molecular formula is C23H30N2O5. The fourth-order valence-electron chi connectivity index (χ4n) is 4.17. The molecule has 0 spiro atoms. The second-order valence-electron chi connectivity index (χ2n) is 8.42. The number of esters is 1. The third-order valence-electron chi connectivity index (χ3n) is 5.97. The molecule has 1 aromatic carbocycles. The Kier molecular flexibility index (Phi) is 7.24. The Hall–Kier alpha value is -2.70. The van der Waals surface area contributed by atoms with Gasteiger partial charge in [0, 0.05) is 6.54 Å². The standard InChI is InChI=1S/C23H30N2O5/c1-15(2)17-9-7-16(8-10-17)11-12-24-20(26)14-30-21(27)13-25-22(28)18-5-3-4-6-19(18)23(25)29/h7-10,15,18-19H,3-6,11-14H2,1-2H3,(H,24,26). The molecule has 0 radical (unpaired) electrons. The highest BCUT2D eigenvalue weighted by molar-refractivity contribution is 6.07. The van der Waals surface area contributed by atoms with Gasteiger partial charge in [0.1, 0.15) is 6.54 Å². The SMILES string of the molecule is CC(C)c1ccc(CCNC(=O)COC(=O)CN2C(=O)C3CCCCC3C2=O)cc1. The van der Waals surface area contributed by atoms with E-state index in [1.807, 2.05) is 12.1 Å². The Morgan fingerprint density at radius 3 is 2.23 bits per heavy atom. The zero-order chi connectivity index (χ0) is 21.7. The highest BCUT2D eigenvalue weighted by Crippen LogP contribution is 2.37. The predicted octanol–water partition coefficient (Wildman–Crippen LogP) is 2.19. The van der Waals surface area contributed by atoms with E-state index in [9.17, 15) is 19.2 Å². The summed E-state index contributed by atoms with van der Waals surface area (Å²) in [6.07, 6.45) is 3.94. The van der Waals surface area contributed by atoms with Gasteiger partial charge >= 0.3 is 5.97 Å². The maximum absolute atomic E-state index is 12.4. The van der Waals surface area contributed by atoms with Crippen molar-refractivity contribution in [3.63, 3.8) is 0 Å². The molecular weight excluding hydrogens is 384 g/mol. The van der Waals surface area contributed by atoms with Gasteiger partial charge in [0.15, 0.2) is 6.61 Å². The van der Waals surface area contributed by atoms with E-state index >= 15 is 0 Å². The van der Waals surface area contributed by atoms with E-state index in [-0.39, 0.29) is 23.7 Å². The summed E-state index contributed by atoms with van der Waals surface area (Å²) in [6, 6.07) is 8.26. The van der Waals surface area contributed by atoms with Gasteiger partial charge in [0.05, 0.1) is 11.8 Å². The normalized spacial score (nSPS) is 21.0. The lowest BCUT2D eigenvalue weighted by Crippen LogP contribution is -2.38. The topological polar surface area (TPSA) is 92.8 Å². The van der Waals surface area contributed by atoms with Crippen LogP contribution in [0.1, 0.15) is 56.6 Å². The number of benzene rings is 1. The van der Waals surface area contributed by atoms with Crippen LogP contribution in [0, 0.1) is 11.8 Å². The molecule has 1 saturated heterocycles. The summed E-state index contributed by atoms with van der Waals surface area (Å²) in [5.74, 6) is -1.83. The second-order valence-corrected chi connectivity index (χ2v) is 8.42. The number of nitrogens with zero attached hydrogens (tertiary/aromatic N) is 1. The molecule has 0 bridgehead atoms. The van der Waals surface area contributed by atoms with Gasteiger partial charge in [-0.05, 0) is 36.3 Å². The molecule has 7 heteroatoms. The molecule has 1 aromatic rings. The molecule has 1 N–H and O–H groups in total. The first-order valence-corrected chi connectivity index (χ1v) is 10.7. The number of rotatable bonds is 8. The zero-order valence-electron chi connectivity index (χ0n) is 17.7. The molecule has 2 fully saturated rings. The zero-order valence-corrected chi connectivity index (χ0v) is 17.7. The van der Waals surface area contributed by atoms with Crippen molar-refractivity contribution >= 4 is 23.7 Å². The number of ether oxygens (including phenoxy) is 1. The lowest BCUT2D eigenvalue weighted by atomic mass is 9.81. The number of likely N-dealkylation sites (tertiary alicyclic amines) is 1. The average molecular weight is 415 g/mol. The van der Waals surface area contributed by atoms with E-state index in [4.69, 9.17) is 4.74 Å². The van der Waals surface area contributed by atoms with Crippen LogP contribution in [0.5, 0.6) is 0 Å². The molecule has 1 aliphatic heterocycles. The number of fused-ring (bicyclic) bond motifs is 1. The van der Waals surface area contributed by atoms with Gasteiger partial charge < -0.3 is 10.1 Å². The smallest absolute Gasteiger partial charge is 0.326 e. The number of amides is 3. The molecule has 7 nitrogen and oxygen atoms in total. The van der Waals surface area contributed by atoms with Crippen molar-refractivity contribution in [2.75, 3.05) is 19.7 Å². The minimum atomic E-state index is -0.741. The maximum Gasteiger partial charge on any atom is 0.326 e. The van der Waals surface area contributed by atoms with Crippen molar-refractivity contribution < 1.29 is 23.9 Å². The monoisotopic (exact) mass is 414 g/mol. The molecule has 2 unspecified atom stereocenters. The van der Waals surface area contributed by atoms with Crippen LogP contribution < -0.4 is 5.32 Å². The van der Waals surface area contributed by atoms with Crippen LogP contribution in [-0.2, 0) is 30.3 Å². The van der Waals surface area contributed by atoms with E-state index in [1.54, 1.807) is 0 Å². The van der Waals surface area contributed by atoms with Crippen LogP contribution in [0.3, 0.4) is 0 Å². The minimum absolute atomic E-state index is 0.283. The fourth-order valence-corrected chi connectivity index (χ4v) is 4.17. The molecule has 162 valence electrons. The van der Waals surface area contributed by atoms with Crippen LogP contribution in [0.25, 0.3) is 0 Å². The number of carbonyl (C=O) groups is 4. The first-order valence-electron chi connectivity index (χ1n) is 10.7. The van der Waals surface area contributed by atoms with Crippen molar-refractivity contribution in [1.82, 2.24) is 10.2 Å². The van der Waals surface area contributed by atoms with Crippen molar-refractivity contribution in [2.45, 2.75) is 51.9 Å². The number of imide groups is 1. The highest BCUT2D eigenvalue weighted by Gasteiger charge is 2.48. The molecule has 3 rings (SSSR count). The third-order valence-corrected chi connectivity index (χ3v) is 5.97. The lowest BCUT2D eigenvalue weighted by Gasteiger charge is -2.19. The van der Waals surface area contributed by atoms with Gasteiger partial charge in [-0.2, -0.15) is 0 Å². The number of hydrogen-bond acceptors (Lipinski definition) is 5. The Morgan fingerprint density at radius 1 is 1.07 bits per heavy atom. The predicted molar refractivity (Wildman–Crippen MR) is 110 cm³/mol. The van der Waals surface area contributed by atoms with Crippen LogP contribution >= 0.6 is 0 Å². The second kappa shape index (κ2) is 9.87.